The highest BCUT2D eigenvalue weighted by Crippen LogP contribution is 2.23. The van der Waals surface area contributed by atoms with Crippen LogP contribution in [0.25, 0.3) is 5.69 Å². The van der Waals surface area contributed by atoms with Gasteiger partial charge < -0.3 is 10.0 Å². The number of carbonyl (C=O) groups excluding carboxylic acids is 1. The van der Waals surface area contributed by atoms with E-state index in [4.69, 9.17) is 16.7 Å². The lowest BCUT2D eigenvalue weighted by Crippen LogP contribution is -2.42. The molecule has 0 saturated carbocycles. The Morgan fingerprint density at radius 3 is 2.79 bits per heavy atom. The van der Waals surface area contributed by atoms with Crippen LogP contribution in [0.4, 0.5) is 0 Å². The number of carboxylic acids is 1. The van der Waals surface area contributed by atoms with E-state index in [0.29, 0.717) is 35.8 Å². The van der Waals surface area contributed by atoms with Gasteiger partial charge in [0.15, 0.2) is 5.69 Å². The van der Waals surface area contributed by atoms with Crippen LogP contribution < -0.4 is 0 Å². The Morgan fingerprint density at radius 1 is 1.33 bits per heavy atom. The van der Waals surface area contributed by atoms with Crippen LogP contribution in [0, 0.1) is 12.8 Å². The number of para-hydroxylation sites is 1. The highest BCUT2D eigenvalue weighted by molar-refractivity contribution is 6.32. The number of aliphatic carboxylic acids is 1. The Morgan fingerprint density at radius 2 is 2.08 bits per heavy atom. The first-order valence-electron chi connectivity index (χ1n) is 7.81. The molecule has 2 aromatic rings. The molecule has 3 rings (SSSR count). The third-order valence-corrected chi connectivity index (χ3v) is 4.56. The lowest BCUT2D eigenvalue weighted by molar-refractivity contribution is -0.143. The fourth-order valence-corrected chi connectivity index (χ4v) is 3.19. The van der Waals surface area contributed by atoms with E-state index in [1.54, 1.807) is 21.7 Å². The van der Waals surface area contributed by atoms with Crippen molar-refractivity contribution in [2.45, 2.75) is 19.8 Å². The zero-order valence-corrected chi connectivity index (χ0v) is 14.0. The molecule has 0 spiro atoms. The van der Waals surface area contributed by atoms with E-state index in [1.165, 1.54) is 0 Å². The number of halogens is 1. The normalized spacial score (nSPS) is 17.8. The molecule has 1 fully saturated rings. The van der Waals surface area contributed by atoms with Gasteiger partial charge in [-0.05, 0) is 38.0 Å². The highest BCUT2D eigenvalue weighted by atomic mass is 35.5. The molecule has 1 aliphatic rings. The van der Waals surface area contributed by atoms with Crippen molar-refractivity contribution < 1.29 is 14.7 Å². The first-order valence-corrected chi connectivity index (χ1v) is 8.19. The van der Waals surface area contributed by atoms with Crippen LogP contribution in [0.5, 0.6) is 0 Å². The number of carboxylic acid groups (broad SMARTS) is 1. The van der Waals surface area contributed by atoms with Gasteiger partial charge in [-0.1, -0.05) is 23.7 Å². The second-order valence-corrected chi connectivity index (χ2v) is 6.37. The summed E-state index contributed by atoms with van der Waals surface area (Å²) in [5.41, 5.74) is 1.80. The molecule has 7 heteroatoms. The Bertz CT molecular complexity index is 787. The van der Waals surface area contributed by atoms with E-state index >= 15 is 0 Å². The third kappa shape index (κ3) is 3.14. The van der Waals surface area contributed by atoms with E-state index in [0.717, 1.165) is 5.69 Å². The van der Waals surface area contributed by atoms with Crippen molar-refractivity contribution in [1.29, 1.82) is 0 Å². The number of amides is 1. The van der Waals surface area contributed by atoms with Crippen LogP contribution in [-0.4, -0.2) is 44.8 Å². The summed E-state index contributed by atoms with van der Waals surface area (Å²) in [5.74, 6) is -1.60. The maximum absolute atomic E-state index is 12.7. The fourth-order valence-electron chi connectivity index (χ4n) is 2.97. The Hall–Kier alpha value is -2.34. The van der Waals surface area contributed by atoms with Gasteiger partial charge in [-0.15, -0.1) is 0 Å². The van der Waals surface area contributed by atoms with E-state index < -0.39 is 11.9 Å². The number of hydrogen-bond acceptors (Lipinski definition) is 3. The lowest BCUT2D eigenvalue weighted by Gasteiger charge is -2.30. The number of piperidine rings is 1. The van der Waals surface area contributed by atoms with Gasteiger partial charge in [-0.25, -0.2) is 4.68 Å². The number of carbonyl (C=O) groups is 2. The van der Waals surface area contributed by atoms with Gasteiger partial charge in [0, 0.05) is 18.8 Å². The van der Waals surface area contributed by atoms with E-state index in [9.17, 15) is 9.59 Å². The molecule has 1 aromatic heterocycles. The molecule has 0 radical (unpaired) electrons. The topological polar surface area (TPSA) is 75.4 Å². The zero-order chi connectivity index (χ0) is 17.3. The molecule has 6 nitrogen and oxygen atoms in total. The van der Waals surface area contributed by atoms with Crippen LogP contribution in [0.2, 0.25) is 5.02 Å². The Balaban J connectivity index is 1.86. The molecule has 0 bridgehead atoms. The molecule has 1 N–H and O–H groups in total. The number of benzene rings is 1. The zero-order valence-electron chi connectivity index (χ0n) is 13.3. The molecule has 1 atom stereocenters. The molecule has 2 heterocycles. The number of likely N-dealkylation sites (tertiary alicyclic amines) is 1. The summed E-state index contributed by atoms with van der Waals surface area (Å²) in [4.78, 5) is 25.4. The second kappa shape index (κ2) is 6.65. The van der Waals surface area contributed by atoms with Gasteiger partial charge in [0.25, 0.3) is 5.91 Å². The van der Waals surface area contributed by atoms with Crippen molar-refractivity contribution in [2.75, 3.05) is 13.1 Å². The molecule has 126 valence electrons. The van der Waals surface area contributed by atoms with Crippen molar-refractivity contribution in [3.8, 4) is 5.69 Å². The van der Waals surface area contributed by atoms with Crippen molar-refractivity contribution in [3.63, 3.8) is 0 Å². The number of aromatic nitrogens is 2. The third-order valence-electron chi connectivity index (χ3n) is 4.25. The summed E-state index contributed by atoms with van der Waals surface area (Å²) in [6.07, 6.45) is 1.29. The number of rotatable bonds is 3. The molecule has 24 heavy (non-hydrogen) atoms. The van der Waals surface area contributed by atoms with Crippen molar-refractivity contribution >= 4 is 23.5 Å². The first kappa shape index (κ1) is 16.5. The number of aryl methyl sites for hydroxylation is 1. The summed E-state index contributed by atoms with van der Waals surface area (Å²) in [5, 5.41) is 14.1. The average molecular weight is 348 g/mol. The van der Waals surface area contributed by atoms with Gasteiger partial charge in [0.2, 0.25) is 0 Å². The summed E-state index contributed by atoms with van der Waals surface area (Å²) in [6.45, 7) is 2.64. The maximum atomic E-state index is 12.7. The highest BCUT2D eigenvalue weighted by Gasteiger charge is 2.30. The summed E-state index contributed by atoms with van der Waals surface area (Å²) >= 11 is 6.20. The largest absolute Gasteiger partial charge is 0.481 e. The van der Waals surface area contributed by atoms with Gasteiger partial charge in [-0.2, -0.15) is 5.10 Å². The van der Waals surface area contributed by atoms with E-state index in [2.05, 4.69) is 5.10 Å². The molecule has 1 saturated heterocycles. The summed E-state index contributed by atoms with van der Waals surface area (Å²) in [6, 6.07) is 8.98. The fraction of sp³-hybridized carbons (Fsp3) is 0.353. The van der Waals surface area contributed by atoms with Crippen molar-refractivity contribution in [3.05, 3.63) is 46.7 Å². The SMILES string of the molecule is Cc1cc(C(=O)N2CCC[C@H](C(=O)O)C2)nn1-c1ccccc1Cl. The van der Waals surface area contributed by atoms with E-state index in [-0.39, 0.29) is 12.5 Å². The van der Waals surface area contributed by atoms with Crippen LogP contribution in [0.15, 0.2) is 30.3 Å². The van der Waals surface area contributed by atoms with Gasteiger partial charge >= 0.3 is 5.97 Å². The van der Waals surface area contributed by atoms with Crippen LogP contribution >= 0.6 is 11.6 Å². The van der Waals surface area contributed by atoms with Crippen LogP contribution in [0.3, 0.4) is 0 Å². The number of hydrogen-bond donors (Lipinski definition) is 1. The average Bonchev–Trinajstić information content (AvgIpc) is 2.96. The monoisotopic (exact) mass is 347 g/mol. The molecular weight excluding hydrogens is 330 g/mol. The quantitative estimate of drug-likeness (QED) is 0.926. The van der Waals surface area contributed by atoms with E-state index in [1.807, 2.05) is 25.1 Å². The Kier molecular flexibility index (Phi) is 4.57. The maximum Gasteiger partial charge on any atom is 0.308 e. The minimum atomic E-state index is -0.856. The minimum Gasteiger partial charge on any atom is -0.481 e. The molecule has 0 aliphatic carbocycles. The van der Waals surface area contributed by atoms with Gasteiger partial charge in [0.05, 0.1) is 16.6 Å². The summed E-state index contributed by atoms with van der Waals surface area (Å²) in [7, 11) is 0. The second-order valence-electron chi connectivity index (χ2n) is 5.96. The molecule has 1 aliphatic heterocycles. The van der Waals surface area contributed by atoms with Gasteiger partial charge in [0.1, 0.15) is 0 Å². The predicted octanol–water partition coefficient (Wildman–Crippen LogP) is 2.77. The molecule has 1 amide bonds. The summed E-state index contributed by atoms with van der Waals surface area (Å²) < 4.78 is 1.63. The molecule has 1 aromatic carbocycles. The number of nitrogens with zero attached hydrogens (tertiary/aromatic N) is 3. The molecular formula is C17H18ClN3O3. The van der Waals surface area contributed by atoms with Crippen molar-refractivity contribution in [1.82, 2.24) is 14.7 Å². The smallest absolute Gasteiger partial charge is 0.308 e. The molecule has 0 unspecified atom stereocenters. The van der Waals surface area contributed by atoms with Crippen LogP contribution in [0.1, 0.15) is 29.0 Å². The predicted molar refractivity (Wildman–Crippen MR) is 89.6 cm³/mol. The minimum absolute atomic E-state index is 0.228. The van der Waals surface area contributed by atoms with Gasteiger partial charge in [-0.3, -0.25) is 9.59 Å². The standard InChI is InChI=1S/C17H18ClN3O3/c1-11-9-14(19-21(11)15-7-3-2-6-13(15)18)16(22)20-8-4-5-12(10-20)17(23)24/h2-3,6-7,9,12H,4-5,8,10H2,1H3,(H,23,24)/t12-/m0/s1. The van der Waals surface area contributed by atoms with Crippen molar-refractivity contribution in [2.24, 2.45) is 5.92 Å². The van der Waals surface area contributed by atoms with Crippen LogP contribution in [-0.2, 0) is 4.79 Å². The lowest BCUT2D eigenvalue weighted by atomic mass is 9.98. The first-order chi connectivity index (χ1) is 11.5. The Labute approximate surface area is 144 Å².